The van der Waals surface area contributed by atoms with Crippen LogP contribution in [0, 0.1) is 19.8 Å². The third-order valence-electron chi connectivity index (χ3n) is 7.44. The first-order valence-electron chi connectivity index (χ1n) is 13.7. The van der Waals surface area contributed by atoms with Crippen LogP contribution in [0.4, 0.5) is 5.69 Å². The molecular formula is C33H37N3O6. The summed E-state index contributed by atoms with van der Waals surface area (Å²) in [7, 11) is 0. The number of para-hydroxylation sites is 2. The topological polar surface area (TPSA) is 128 Å². The minimum absolute atomic E-state index is 0.0324. The first-order valence-corrected chi connectivity index (χ1v) is 13.7. The number of Topliss-reactive ketones (excluding diaryl/α,β-unsaturated/α-hetero) is 1. The summed E-state index contributed by atoms with van der Waals surface area (Å²) >= 11 is 0. The van der Waals surface area contributed by atoms with E-state index in [1.807, 2.05) is 38.1 Å². The van der Waals surface area contributed by atoms with Crippen molar-refractivity contribution in [2.45, 2.75) is 47.0 Å². The Morgan fingerprint density at radius 1 is 0.833 bits per heavy atom. The number of hydrogen-bond acceptors (Lipinski definition) is 6. The molecule has 42 heavy (non-hydrogen) atoms. The summed E-state index contributed by atoms with van der Waals surface area (Å²) in [6.07, 6.45) is 0.0324. The molecule has 0 spiro atoms. The highest BCUT2D eigenvalue weighted by atomic mass is 16.3. The Kier molecular flexibility index (Phi) is 8.51. The lowest BCUT2D eigenvalue weighted by atomic mass is 9.89. The van der Waals surface area contributed by atoms with Crippen LogP contribution in [0.25, 0.3) is 11.4 Å². The van der Waals surface area contributed by atoms with Crippen LogP contribution in [0.15, 0.2) is 72.8 Å². The van der Waals surface area contributed by atoms with Crippen LogP contribution in [0.2, 0.25) is 0 Å². The van der Waals surface area contributed by atoms with Gasteiger partial charge in [-0.3, -0.25) is 14.2 Å². The third kappa shape index (κ3) is 5.50. The average Bonchev–Trinajstić information content (AvgIpc) is 3.40. The van der Waals surface area contributed by atoms with E-state index >= 15 is 0 Å². The van der Waals surface area contributed by atoms with Crippen LogP contribution < -0.4 is 4.90 Å². The molecule has 2 aromatic carbocycles. The van der Waals surface area contributed by atoms with Gasteiger partial charge in [0, 0.05) is 30.2 Å². The van der Waals surface area contributed by atoms with Crippen LogP contribution >= 0.6 is 0 Å². The molecular weight excluding hydrogens is 534 g/mol. The van der Waals surface area contributed by atoms with E-state index in [-0.39, 0.29) is 65.0 Å². The number of aromatic hydroxyl groups is 4. The van der Waals surface area contributed by atoms with Crippen LogP contribution in [-0.4, -0.2) is 47.8 Å². The molecule has 0 aliphatic heterocycles. The van der Waals surface area contributed by atoms with Gasteiger partial charge >= 0.3 is 0 Å². The molecule has 9 heteroatoms. The number of allylic oxidation sites excluding steroid dienone is 1. The lowest BCUT2D eigenvalue weighted by Gasteiger charge is -2.26. The van der Waals surface area contributed by atoms with Gasteiger partial charge in [0.15, 0.2) is 11.7 Å². The van der Waals surface area contributed by atoms with Gasteiger partial charge in [0.25, 0.3) is 0 Å². The molecule has 0 radical (unpaired) electrons. The number of benzene rings is 2. The molecule has 0 aliphatic rings. The lowest BCUT2D eigenvalue weighted by molar-refractivity contribution is -0.122. The van der Waals surface area contributed by atoms with Crippen molar-refractivity contribution in [3.63, 3.8) is 0 Å². The number of carbonyl (C=O) groups excluding carboxylic acids is 2. The van der Waals surface area contributed by atoms with Crippen molar-refractivity contribution < 1.29 is 30.0 Å². The van der Waals surface area contributed by atoms with E-state index in [4.69, 9.17) is 0 Å². The summed E-state index contributed by atoms with van der Waals surface area (Å²) in [4.78, 5) is 28.2. The second-order valence-electron chi connectivity index (χ2n) is 10.9. The fraction of sp³-hybridized carbons (Fsp3) is 0.273. The van der Waals surface area contributed by atoms with E-state index in [2.05, 4.69) is 6.58 Å². The zero-order valence-corrected chi connectivity index (χ0v) is 24.5. The van der Waals surface area contributed by atoms with E-state index in [1.165, 1.54) is 26.2 Å². The Balaban J connectivity index is 1.77. The minimum atomic E-state index is -0.963. The zero-order chi connectivity index (χ0) is 30.9. The maximum absolute atomic E-state index is 13.4. The highest BCUT2D eigenvalue weighted by Crippen LogP contribution is 2.42. The Hall–Kier alpha value is -4.92. The Morgan fingerprint density at radius 3 is 1.83 bits per heavy atom. The van der Waals surface area contributed by atoms with Crippen LogP contribution in [-0.2, 0) is 9.59 Å². The molecule has 1 amide bonds. The highest BCUT2D eigenvalue weighted by molar-refractivity contribution is 6.00. The predicted molar refractivity (Wildman–Crippen MR) is 162 cm³/mol. The van der Waals surface area contributed by atoms with Crippen molar-refractivity contribution in [3.8, 4) is 34.9 Å². The van der Waals surface area contributed by atoms with E-state index in [0.29, 0.717) is 11.4 Å². The largest absolute Gasteiger partial charge is 0.494 e. The second-order valence-corrected chi connectivity index (χ2v) is 10.9. The number of amides is 1. The Morgan fingerprint density at radius 2 is 1.33 bits per heavy atom. The number of hydrogen-bond donors (Lipinski definition) is 4. The fourth-order valence-electron chi connectivity index (χ4n) is 5.18. The number of carbonyl (C=O) groups is 2. The van der Waals surface area contributed by atoms with Gasteiger partial charge in [-0.1, -0.05) is 56.8 Å². The maximum Gasteiger partial charge on any atom is 0.229 e. The first kappa shape index (κ1) is 30.0. The molecule has 4 aromatic rings. The van der Waals surface area contributed by atoms with Crippen LogP contribution in [0.1, 0.15) is 49.8 Å². The molecule has 0 saturated heterocycles. The van der Waals surface area contributed by atoms with Crippen molar-refractivity contribution in [1.82, 2.24) is 9.13 Å². The quantitative estimate of drug-likeness (QED) is 0.173. The van der Waals surface area contributed by atoms with Crippen LogP contribution in [0.5, 0.6) is 23.5 Å². The molecule has 1 atom stereocenters. The SMILES string of the molecule is C=C(C)C(=O)C(CCN(C(=O)C(C)C)c1cc(O)n(-c2ccccc2C)c1O)c1cc(O)n(-c2ccccc2C)c1O. The molecule has 4 rings (SSSR count). The van der Waals surface area contributed by atoms with Gasteiger partial charge < -0.3 is 25.3 Å². The predicted octanol–water partition coefficient (Wildman–Crippen LogP) is 6.02. The fourth-order valence-corrected chi connectivity index (χ4v) is 5.18. The molecule has 220 valence electrons. The molecule has 2 heterocycles. The summed E-state index contributed by atoms with van der Waals surface area (Å²) in [5, 5.41) is 44.2. The van der Waals surface area contributed by atoms with E-state index in [0.717, 1.165) is 11.1 Å². The monoisotopic (exact) mass is 571 g/mol. The minimum Gasteiger partial charge on any atom is -0.494 e. The molecule has 0 saturated carbocycles. The number of ketones is 1. The van der Waals surface area contributed by atoms with Crippen molar-refractivity contribution in [3.05, 3.63) is 89.5 Å². The van der Waals surface area contributed by atoms with Gasteiger partial charge in [-0.15, -0.1) is 0 Å². The standard InChI is InChI=1S/C33H37N3O6/c1-19(2)30(39)23(24-17-28(37)35(32(24)41)25-13-9-7-11-21(25)5)15-16-34(31(40)20(3)4)27-18-29(38)36(33(27)42)26-14-10-8-12-22(26)6/h7-14,17-18,20,23,37-38,41-42H,1,15-16H2,2-6H3. The molecule has 2 aromatic heterocycles. The van der Waals surface area contributed by atoms with Gasteiger partial charge in [0.1, 0.15) is 5.69 Å². The van der Waals surface area contributed by atoms with Crippen molar-refractivity contribution in [1.29, 1.82) is 0 Å². The van der Waals surface area contributed by atoms with Gasteiger partial charge in [-0.2, -0.15) is 0 Å². The molecule has 0 fully saturated rings. The number of anilines is 1. The first-order chi connectivity index (χ1) is 19.8. The zero-order valence-electron chi connectivity index (χ0n) is 24.5. The lowest BCUT2D eigenvalue weighted by Crippen LogP contribution is -2.36. The molecule has 0 bridgehead atoms. The Bertz CT molecular complexity index is 1660. The number of nitrogens with zero attached hydrogens (tertiary/aromatic N) is 3. The van der Waals surface area contributed by atoms with Crippen LogP contribution in [0.3, 0.4) is 0 Å². The summed E-state index contributed by atoms with van der Waals surface area (Å²) in [5.74, 6) is -3.26. The summed E-state index contributed by atoms with van der Waals surface area (Å²) in [5.41, 5.74) is 3.21. The normalized spacial score (nSPS) is 12.0. The molecule has 1 unspecified atom stereocenters. The number of aryl methyl sites for hydroxylation is 2. The van der Waals surface area contributed by atoms with E-state index in [1.54, 1.807) is 45.0 Å². The third-order valence-corrected chi connectivity index (χ3v) is 7.44. The molecule has 4 N–H and O–H groups in total. The summed E-state index contributed by atoms with van der Waals surface area (Å²) in [6.45, 7) is 12.4. The second kappa shape index (κ2) is 11.9. The number of rotatable bonds is 10. The van der Waals surface area contributed by atoms with E-state index in [9.17, 15) is 30.0 Å². The summed E-state index contributed by atoms with van der Waals surface area (Å²) < 4.78 is 2.53. The van der Waals surface area contributed by atoms with Crippen molar-refractivity contribution >= 4 is 17.4 Å². The van der Waals surface area contributed by atoms with Gasteiger partial charge in [-0.25, -0.2) is 4.57 Å². The van der Waals surface area contributed by atoms with E-state index < -0.39 is 11.8 Å². The van der Waals surface area contributed by atoms with Gasteiger partial charge in [0.05, 0.1) is 17.3 Å². The smallest absolute Gasteiger partial charge is 0.229 e. The van der Waals surface area contributed by atoms with Crippen molar-refractivity contribution in [2.24, 2.45) is 5.92 Å². The highest BCUT2D eigenvalue weighted by Gasteiger charge is 2.32. The molecule has 9 nitrogen and oxygen atoms in total. The number of aromatic nitrogens is 2. The van der Waals surface area contributed by atoms with Gasteiger partial charge in [-0.05, 0) is 56.0 Å². The Labute approximate surface area is 245 Å². The van der Waals surface area contributed by atoms with Crippen molar-refractivity contribution in [2.75, 3.05) is 11.4 Å². The van der Waals surface area contributed by atoms with Gasteiger partial charge in [0.2, 0.25) is 23.5 Å². The summed E-state index contributed by atoms with van der Waals surface area (Å²) in [6, 6.07) is 17.0. The average molecular weight is 572 g/mol. The molecule has 0 aliphatic carbocycles. The maximum atomic E-state index is 13.4.